The molecule has 0 radical (unpaired) electrons. The molecule has 0 aromatic rings. The first kappa shape index (κ1) is 19.3. The Balaban J connectivity index is 4.59. The van der Waals surface area contributed by atoms with Gasteiger partial charge in [0.2, 0.25) is 0 Å². The average molecular weight is 284 g/mol. The summed E-state index contributed by atoms with van der Waals surface area (Å²) in [5.41, 5.74) is 0. The minimum Gasteiger partial charge on any atom is -0.395 e. The Kier molecular flexibility index (Phi) is 11.7. The van der Waals surface area contributed by atoms with Gasteiger partial charge < -0.3 is 10.2 Å². The van der Waals surface area contributed by atoms with Crippen LogP contribution in [0.3, 0.4) is 0 Å². The van der Waals surface area contributed by atoms with E-state index in [0.717, 1.165) is 39.0 Å². The molecule has 4 heteroatoms. The molecular formula is C16H32N2O2. The van der Waals surface area contributed by atoms with Crippen LogP contribution in [0.15, 0.2) is 25.3 Å². The van der Waals surface area contributed by atoms with Crippen LogP contribution in [-0.4, -0.2) is 71.5 Å². The van der Waals surface area contributed by atoms with Gasteiger partial charge in [-0.25, -0.2) is 0 Å². The summed E-state index contributed by atoms with van der Waals surface area (Å²) in [6.45, 7) is 15.3. The third kappa shape index (κ3) is 6.66. The lowest BCUT2D eigenvalue weighted by Gasteiger charge is -2.34. The maximum atomic E-state index is 9.45. The first-order valence-corrected chi connectivity index (χ1v) is 7.59. The van der Waals surface area contributed by atoms with Crippen LogP contribution in [0.1, 0.15) is 26.7 Å². The van der Waals surface area contributed by atoms with Crippen molar-refractivity contribution >= 4 is 0 Å². The maximum absolute atomic E-state index is 9.45. The van der Waals surface area contributed by atoms with Gasteiger partial charge in [-0.1, -0.05) is 26.0 Å². The number of aliphatic hydroxyl groups excluding tert-OH is 2. The van der Waals surface area contributed by atoms with E-state index in [1.165, 1.54) is 0 Å². The molecular weight excluding hydrogens is 252 g/mol. The van der Waals surface area contributed by atoms with E-state index in [9.17, 15) is 10.2 Å². The lowest BCUT2D eigenvalue weighted by molar-refractivity contribution is 0.0892. The zero-order valence-electron chi connectivity index (χ0n) is 13.2. The normalized spacial score (nSPS) is 14.5. The summed E-state index contributed by atoms with van der Waals surface area (Å²) >= 11 is 0. The van der Waals surface area contributed by atoms with Crippen molar-refractivity contribution in [2.45, 2.75) is 38.8 Å². The third-order valence-electron chi connectivity index (χ3n) is 3.80. The molecule has 20 heavy (non-hydrogen) atoms. The van der Waals surface area contributed by atoms with E-state index in [2.05, 4.69) is 36.8 Å². The second-order valence-electron chi connectivity index (χ2n) is 5.06. The monoisotopic (exact) mass is 284 g/mol. The smallest absolute Gasteiger partial charge is 0.0586 e. The summed E-state index contributed by atoms with van der Waals surface area (Å²) < 4.78 is 0. The quantitative estimate of drug-likeness (QED) is 0.503. The van der Waals surface area contributed by atoms with Crippen molar-refractivity contribution in [3.63, 3.8) is 0 Å². The highest BCUT2D eigenvalue weighted by Crippen LogP contribution is 2.08. The zero-order valence-corrected chi connectivity index (χ0v) is 13.2. The molecule has 0 saturated heterocycles. The van der Waals surface area contributed by atoms with Gasteiger partial charge in [-0.05, 0) is 12.8 Å². The Morgan fingerprint density at radius 1 is 0.850 bits per heavy atom. The van der Waals surface area contributed by atoms with Gasteiger partial charge in [0.25, 0.3) is 0 Å². The van der Waals surface area contributed by atoms with Gasteiger partial charge in [0, 0.05) is 38.3 Å². The molecule has 4 nitrogen and oxygen atoms in total. The van der Waals surface area contributed by atoms with E-state index in [-0.39, 0.29) is 25.3 Å². The first-order valence-electron chi connectivity index (χ1n) is 7.59. The molecule has 0 aromatic heterocycles. The van der Waals surface area contributed by atoms with Gasteiger partial charge in [-0.2, -0.15) is 0 Å². The summed E-state index contributed by atoms with van der Waals surface area (Å²) in [6.07, 6.45) is 5.59. The van der Waals surface area contributed by atoms with Crippen LogP contribution in [-0.2, 0) is 0 Å². The van der Waals surface area contributed by atoms with E-state index in [0.29, 0.717) is 0 Å². The van der Waals surface area contributed by atoms with E-state index < -0.39 is 0 Å². The van der Waals surface area contributed by atoms with Gasteiger partial charge in [0.15, 0.2) is 0 Å². The first-order chi connectivity index (χ1) is 9.68. The Morgan fingerprint density at radius 3 is 1.40 bits per heavy atom. The van der Waals surface area contributed by atoms with Gasteiger partial charge in [-0.3, -0.25) is 9.80 Å². The van der Waals surface area contributed by atoms with Crippen LogP contribution in [0.25, 0.3) is 0 Å². The third-order valence-corrected chi connectivity index (χ3v) is 3.80. The molecule has 2 N–H and O–H groups in total. The number of hydrogen-bond acceptors (Lipinski definition) is 4. The molecule has 0 aromatic carbocycles. The van der Waals surface area contributed by atoms with E-state index in [1.807, 2.05) is 12.2 Å². The molecule has 118 valence electrons. The minimum absolute atomic E-state index is 0.170. The molecule has 0 aliphatic rings. The van der Waals surface area contributed by atoms with E-state index in [4.69, 9.17) is 0 Å². The molecule has 0 amide bonds. The van der Waals surface area contributed by atoms with Crippen LogP contribution in [0.5, 0.6) is 0 Å². The minimum atomic E-state index is 0.170. The highest BCUT2D eigenvalue weighted by molar-refractivity contribution is 4.83. The molecule has 0 fully saturated rings. The summed E-state index contributed by atoms with van der Waals surface area (Å²) in [7, 11) is 0. The number of hydrogen-bond donors (Lipinski definition) is 2. The van der Waals surface area contributed by atoms with Crippen LogP contribution in [0.4, 0.5) is 0 Å². The van der Waals surface area contributed by atoms with Gasteiger partial charge in [0.05, 0.1) is 13.2 Å². The number of aliphatic hydroxyl groups is 2. The predicted octanol–water partition coefficient (Wildman–Crippen LogP) is 1.50. The molecule has 2 atom stereocenters. The Hall–Kier alpha value is -0.680. The summed E-state index contributed by atoms with van der Waals surface area (Å²) in [5.74, 6) is 0. The van der Waals surface area contributed by atoms with Crippen molar-refractivity contribution in [1.29, 1.82) is 0 Å². The van der Waals surface area contributed by atoms with Gasteiger partial charge in [-0.15, -0.1) is 13.2 Å². The standard InChI is InChI=1S/C16H32N2O2/c1-5-9-17(15(7-3)13-19)11-12-18(10-6-2)16(8-4)14-20/h5-6,15-16,19-20H,1-2,7-14H2,3-4H3. The Bertz CT molecular complexity index is 225. The molecule has 0 aliphatic heterocycles. The highest BCUT2D eigenvalue weighted by Gasteiger charge is 2.19. The van der Waals surface area contributed by atoms with Crippen molar-refractivity contribution in [1.82, 2.24) is 9.80 Å². The van der Waals surface area contributed by atoms with Crippen molar-refractivity contribution in [2.75, 3.05) is 39.4 Å². The Labute approximate surface area is 124 Å². The number of rotatable bonds is 13. The molecule has 2 unspecified atom stereocenters. The van der Waals surface area contributed by atoms with Crippen LogP contribution < -0.4 is 0 Å². The van der Waals surface area contributed by atoms with Crippen LogP contribution >= 0.6 is 0 Å². The fourth-order valence-electron chi connectivity index (χ4n) is 2.44. The lowest BCUT2D eigenvalue weighted by Crippen LogP contribution is -2.46. The summed E-state index contributed by atoms with van der Waals surface area (Å²) in [4.78, 5) is 4.49. The average Bonchev–Trinajstić information content (AvgIpc) is 2.46. The second-order valence-corrected chi connectivity index (χ2v) is 5.06. The van der Waals surface area contributed by atoms with E-state index in [1.54, 1.807) is 0 Å². The molecule has 0 aliphatic carbocycles. The molecule has 0 rings (SSSR count). The topological polar surface area (TPSA) is 46.9 Å². The van der Waals surface area contributed by atoms with Crippen LogP contribution in [0, 0.1) is 0 Å². The van der Waals surface area contributed by atoms with Crippen molar-refractivity contribution in [3.8, 4) is 0 Å². The fraction of sp³-hybridized carbons (Fsp3) is 0.750. The van der Waals surface area contributed by atoms with Gasteiger partial charge in [0.1, 0.15) is 0 Å². The fourth-order valence-corrected chi connectivity index (χ4v) is 2.44. The molecule has 0 bridgehead atoms. The molecule has 0 heterocycles. The van der Waals surface area contributed by atoms with Gasteiger partial charge >= 0.3 is 0 Å². The highest BCUT2D eigenvalue weighted by atomic mass is 16.3. The van der Waals surface area contributed by atoms with E-state index >= 15 is 0 Å². The Morgan fingerprint density at radius 2 is 1.20 bits per heavy atom. The van der Waals surface area contributed by atoms with Crippen molar-refractivity contribution in [3.05, 3.63) is 25.3 Å². The predicted molar refractivity (Wildman–Crippen MR) is 85.9 cm³/mol. The van der Waals surface area contributed by atoms with Crippen molar-refractivity contribution < 1.29 is 10.2 Å². The maximum Gasteiger partial charge on any atom is 0.0586 e. The number of nitrogens with zero attached hydrogens (tertiary/aromatic N) is 2. The second kappa shape index (κ2) is 12.1. The molecule has 0 spiro atoms. The lowest BCUT2D eigenvalue weighted by atomic mass is 10.1. The zero-order chi connectivity index (χ0) is 15.4. The summed E-state index contributed by atoms with van der Waals surface area (Å²) in [5, 5.41) is 18.9. The van der Waals surface area contributed by atoms with Crippen molar-refractivity contribution in [2.24, 2.45) is 0 Å². The van der Waals surface area contributed by atoms with Crippen LogP contribution in [0.2, 0.25) is 0 Å². The SMILES string of the molecule is C=CCN(CCN(CC=C)C(CC)CO)C(CC)CO. The largest absolute Gasteiger partial charge is 0.395 e. The molecule has 0 saturated carbocycles. The summed E-state index contributed by atoms with van der Waals surface area (Å²) in [6, 6.07) is 0.348.